The summed E-state index contributed by atoms with van der Waals surface area (Å²) >= 11 is 0. The molecule has 0 unspecified atom stereocenters. The molecule has 6 radical (unpaired) electrons. The molecular weight excluding hydrogens is 1930 g/mol. The molecule has 21 nitrogen and oxygen atoms in total. The summed E-state index contributed by atoms with van der Waals surface area (Å²) in [5, 5.41) is 74.5. The Hall–Kier alpha value is -12.9. The van der Waals surface area contributed by atoms with Gasteiger partial charge >= 0.3 is 117 Å². The second-order valence-electron chi connectivity index (χ2n) is 25.2. The van der Waals surface area contributed by atoms with E-state index in [2.05, 4.69) is 274 Å². The first-order valence-corrected chi connectivity index (χ1v) is 41.6. The van der Waals surface area contributed by atoms with Gasteiger partial charge in [-0.2, -0.15) is 37.2 Å². The molecule has 0 atom stereocenters. The molecule has 660 valence electrons. The molecule has 0 bridgehead atoms. The van der Waals surface area contributed by atoms with Gasteiger partial charge in [-0.1, -0.05) is 346 Å². The summed E-state index contributed by atoms with van der Waals surface area (Å²) < 4.78 is 6.38. The fraction of sp³-hybridized carbons (Fsp3) is 0. The Bertz CT molecular complexity index is 5130. The van der Waals surface area contributed by atoms with Crippen LogP contribution in [0.4, 0.5) is 0 Å². The van der Waals surface area contributed by atoms with Crippen LogP contribution in [0, 0.1) is 0 Å². The molecule has 0 aliphatic carbocycles. The van der Waals surface area contributed by atoms with Crippen molar-refractivity contribution >= 4 is 45.9 Å². The average Bonchev–Trinajstić information content (AvgIpc) is 1.05. The fourth-order valence-corrected chi connectivity index (χ4v) is 21.3. The fourth-order valence-electron chi connectivity index (χ4n) is 11.8. The maximum Gasteiger partial charge on any atom is 2.00 e. The van der Waals surface area contributed by atoms with Gasteiger partial charge in [-0.15, -0.1) is 21.3 Å². The van der Waals surface area contributed by atoms with E-state index in [1.807, 2.05) is 200 Å². The van der Waals surface area contributed by atoms with E-state index in [-0.39, 0.29) is 113 Å². The monoisotopic (exact) mass is 2010 g/mol. The minimum atomic E-state index is -2.50. The van der Waals surface area contributed by atoms with E-state index >= 15 is 0 Å². The molecule has 0 saturated carbocycles. The number of nitrogens with zero attached hydrogens (tertiary/aromatic N) is 19. The van der Waals surface area contributed by atoms with E-state index in [1.165, 1.54) is 31.8 Å². The molecule has 29 heteroatoms. The SMILES string of the molecule is [Cu+2].[Cu+2].[Cu+2].[Cu+2].[Cu+2].[Cu+2].[O-2].[O-2].c1ccc(-c2cc(-c3ccccc3)[n-]n2)cc1.c1ccc(-c2cc(-c3ccccc3)[n-]n2)cc1.c1ccc(-c2cc(-c3ccccc3)[n-]n2)cc1.c1ccc(P(=[N+]=P(c2ccccc2)(c2ccccc2)c2ccccc2)(c2ccccc2)c2ccccc2)cc1.c1cn[n-]c1.c1cn[n-]c1.c1cn[n-]c1.c1cn[n-]c1.c1cn[n-]c1.c1cn[n-]c1. The van der Waals surface area contributed by atoms with Crippen LogP contribution in [-0.4, -0.2) is 45.9 Å². The molecule has 9 aromatic heterocycles. The van der Waals surface area contributed by atoms with E-state index in [9.17, 15) is 0 Å². The number of hydrogen-bond donors (Lipinski definition) is 0. The Morgan fingerprint density at radius 3 is 0.461 bits per heavy atom. The van der Waals surface area contributed by atoms with Crippen LogP contribution in [0.3, 0.4) is 0 Å². The van der Waals surface area contributed by atoms with Gasteiger partial charge in [0.05, 0.1) is 31.8 Å². The van der Waals surface area contributed by atoms with Crippen molar-refractivity contribution < 1.29 is 113 Å². The zero-order valence-electron chi connectivity index (χ0n) is 67.8. The molecule has 9 heterocycles. The molecule has 0 amide bonds. The predicted molar refractivity (Wildman–Crippen MR) is 484 cm³/mol. The molecule has 128 heavy (non-hydrogen) atoms. The summed E-state index contributed by atoms with van der Waals surface area (Å²) in [4.78, 5) is 0. The van der Waals surface area contributed by atoms with Crippen molar-refractivity contribution in [2.24, 2.45) is 0 Å². The second-order valence-corrected chi connectivity index (χ2v) is 31.6. The molecule has 21 aromatic rings. The summed E-state index contributed by atoms with van der Waals surface area (Å²) in [6, 6.07) is 143. The van der Waals surface area contributed by atoms with E-state index in [0.717, 1.165) is 67.5 Å². The van der Waals surface area contributed by atoms with E-state index in [1.54, 1.807) is 111 Å². The van der Waals surface area contributed by atoms with Gasteiger partial charge in [-0.05, 0) is 106 Å². The van der Waals surface area contributed by atoms with Gasteiger partial charge in [0.25, 0.3) is 0 Å². The van der Waals surface area contributed by atoms with Crippen LogP contribution in [0.25, 0.3) is 67.5 Å². The Kier molecular flexibility index (Phi) is 52.3. The maximum atomic E-state index is 6.38. The first-order valence-electron chi connectivity index (χ1n) is 38.1. The Balaban J connectivity index is 0.000000328. The van der Waals surface area contributed by atoms with Crippen LogP contribution in [-0.2, 0) is 113 Å². The Morgan fingerprint density at radius 2 is 0.328 bits per heavy atom. The first-order chi connectivity index (χ1) is 59.6. The van der Waals surface area contributed by atoms with Gasteiger partial charge in [0.15, 0.2) is 0 Å². The number of benzene rings is 12. The number of aromatic nitrogens is 18. The van der Waals surface area contributed by atoms with Gasteiger partial charge in [0, 0.05) is 54.3 Å². The molecular formula is C99H81Cu6N19O2P2. The number of hydrogen-bond acceptors (Lipinski definition) is 9. The second kappa shape index (κ2) is 62.3. The smallest absolute Gasteiger partial charge is 2.00 e. The molecule has 0 aliphatic rings. The molecule has 21 rings (SSSR count). The topological polar surface area (TPSA) is 314 Å². The molecule has 0 N–H and O–H groups in total. The van der Waals surface area contributed by atoms with Crippen LogP contribution in [0.15, 0.2) is 493 Å². The summed E-state index contributed by atoms with van der Waals surface area (Å²) in [5.41, 5.74) is 12.1. The van der Waals surface area contributed by atoms with Crippen molar-refractivity contribution in [2.45, 2.75) is 0 Å². The summed E-state index contributed by atoms with van der Waals surface area (Å²) in [5.74, 6) is 0. The number of rotatable bonds is 12. The standard InChI is InChI=1S/C36H30NP2.3C15H11N2.6C3H3N2.6Cu.2O/c1-7-19-31(20-8-1)38(32-21-9-2-10-22-32,33-23-11-3-12-24-33)37-39(34-25-13-4-14-26-34,35-27-15-5-16-28-35)36-29-17-6-18-30-36;3*1-3-7-12(8-4-1)14-11-15(17-16-14)13-9-5-2-6-10-13;6*1-2-4-5-3-1;;;;;;;;/h1-30H;3*1-11H;6*1-3H;;;;;;;;/q+1;9*-1;6*+2;2*-2. The molecule has 0 saturated heterocycles. The third kappa shape index (κ3) is 33.5. The van der Waals surface area contributed by atoms with Crippen molar-refractivity contribution in [2.75, 3.05) is 0 Å². The maximum absolute atomic E-state index is 6.38. The van der Waals surface area contributed by atoms with Crippen molar-refractivity contribution in [1.29, 1.82) is 0 Å². The third-order valence-corrected chi connectivity index (χ3v) is 25.7. The van der Waals surface area contributed by atoms with Crippen molar-refractivity contribution in [3.63, 3.8) is 0 Å². The van der Waals surface area contributed by atoms with Gasteiger partial charge in [0.2, 0.25) is 0 Å². The van der Waals surface area contributed by atoms with Gasteiger partial charge in [-0.3, -0.25) is 0 Å². The average molecular weight is 2010 g/mol. The van der Waals surface area contributed by atoms with E-state index in [0.29, 0.717) is 0 Å². The normalized spacial score (nSPS) is 9.50. The summed E-state index contributed by atoms with van der Waals surface area (Å²) in [7, 11) is -4.99. The van der Waals surface area contributed by atoms with Crippen LogP contribution in [0.5, 0.6) is 0 Å². The zero-order chi connectivity index (χ0) is 82.1. The third-order valence-electron chi connectivity index (χ3n) is 17.3. The van der Waals surface area contributed by atoms with Crippen LogP contribution in [0.2, 0.25) is 0 Å². The van der Waals surface area contributed by atoms with Crippen LogP contribution in [0.1, 0.15) is 0 Å². The van der Waals surface area contributed by atoms with Gasteiger partial charge < -0.3 is 103 Å². The predicted octanol–water partition coefficient (Wildman–Crippen LogP) is 16.5. The quantitative estimate of drug-likeness (QED) is 0.0623. The minimum absolute atomic E-state index is 0. The van der Waals surface area contributed by atoms with E-state index in [4.69, 9.17) is 4.17 Å². The minimum Gasteiger partial charge on any atom is -2.00 e. The zero-order valence-corrected chi connectivity index (χ0v) is 75.2. The van der Waals surface area contributed by atoms with Crippen LogP contribution >= 0.6 is 14.1 Å². The Labute approximate surface area is 808 Å². The molecule has 0 spiro atoms. The summed E-state index contributed by atoms with van der Waals surface area (Å²) in [6.45, 7) is 0. The van der Waals surface area contributed by atoms with Crippen molar-refractivity contribution in [3.05, 3.63) is 493 Å². The molecule has 0 aliphatic heterocycles. The summed E-state index contributed by atoms with van der Waals surface area (Å²) in [6.07, 6.45) is 19.7. The van der Waals surface area contributed by atoms with E-state index < -0.39 is 14.1 Å². The van der Waals surface area contributed by atoms with Gasteiger partial charge in [-0.25, -0.2) is 0 Å². The largest absolute Gasteiger partial charge is 2.00 e. The van der Waals surface area contributed by atoms with Crippen molar-refractivity contribution in [3.8, 4) is 67.5 Å². The Morgan fingerprint density at radius 1 is 0.180 bits per heavy atom. The molecule has 0 fully saturated rings. The first kappa shape index (κ1) is 107. The van der Waals surface area contributed by atoms with Crippen molar-refractivity contribution in [1.82, 2.24) is 95.9 Å². The van der Waals surface area contributed by atoms with Crippen LogP contribution < -0.4 is 81.9 Å². The van der Waals surface area contributed by atoms with Gasteiger partial charge in [0.1, 0.15) is 0 Å². The molecule has 12 aromatic carbocycles.